The third-order valence-corrected chi connectivity index (χ3v) is 6.15. The molecule has 1 fully saturated rings. The van der Waals surface area contributed by atoms with Gasteiger partial charge in [0.25, 0.3) is 0 Å². The number of nitrogens with zero attached hydrogens (tertiary/aromatic N) is 5. The van der Waals surface area contributed by atoms with Gasteiger partial charge in [-0.1, -0.05) is 11.6 Å². The molecule has 5 rings (SSSR count). The number of hydrogen-bond acceptors (Lipinski definition) is 5. The zero-order valence-corrected chi connectivity index (χ0v) is 17.9. The van der Waals surface area contributed by atoms with Crippen LogP contribution in [-0.2, 0) is 6.54 Å². The van der Waals surface area contributed by atoms with Gasteiger partial charge in [0.1, 0.15) is 11.6 Å². The van der Waals surface area contributed by atoms with Crippen LogP contribution in [0.3, 0.4) is 0 Å². The highest BCUT2D eigenvalue weighted by Gasteiger charge is 2.23. The smallest absolute Gasteiger partial charge is 0.225 e. The Morgan fingerprint density at radius 3 is 2.47 bits per heavy atom. The number of nitrogens with two attached hydrogens (primary N) is 1. The Morgan fingerprint density at radius 1 is 1.00 bits per heavy atom. The molecule has 164 valence electrons. The Kier molecular flexibility index (Phi) is 5.38. The normalized spacial score (nSPS) is 14.9. The highest BCUT2D eigenvalue weighted by molar-refractivity contribution is 6.30. The van der Waals surface area contributed by atoms with E-state index in [1.165, 1.54) is 6.07 Å². The van der Waals surface area contributed by atoms with Crippen LogP contribution in [0.2, 0.25) is 5.02 Å². The Morgan fingerprint density at radius 2 is 1.75 bits per heavy atom. The number of pyridine rings is 1. The van der Waals surface area contributed by atoms with Gasteiger partial charge in [0.05, 0.1) is 35.2 Å². The summed E-state index contributed by atoms with van der Waals surface area (Å²) in [6.45, 7) is 1.68. The molecule has 1 aliphatic rings. The van der Waals surface area contributed by atoms with E-state index in [0.29, 0.717) is 27.6 Å². The molecular weight excluding hydrogens is 434 g/mol. The molecular formula is C23H21ClF2N6. The first-order valence-corrected chi connectivity index (χ1v) is 10.8. The molecule has 0 spiro atoms. The average molecular weight is 455 g/mol. The second-order valence-corrected chi connectivity index (χ2v) is 8.48. The number of rotatable bonds is 4. The number of hydrogen-bond donors (Lipinski definition) is 1. The Labute approximate surface area is 188 Å². The van der Waals surface area contributed by atoms with Crippen LogP contribution in [0.5, 0.6) is 0 Å². The number of halogens is 3. The van der Waals surface area contributed by atoms with Gasteiger partial charge in [-0.15, -0.1) is 0 Å². The predicted octanol–water partition coefficient (Wildman–Crippen LogP) is 4.77. The topological polar surface area (TPSA) is 72.9 Å². The van der Waals surface area contributed by atoms with Crippen LogP contribution in [0.25, 0.3) is 10.9 Å². The van der Waals surface area contributed by atoms with Crippen molar-refractivity contribution >= 4 is 34.1 Å². The summed E-state index contributed by atoms with van der Waals surface area (Å²) in [6, 6.07) is 6.29. The SMILES string of the molecule is Nc1cc(F)c2c(ccn2Cc2ncc(C3CCN(c4ncc(Cl)cn4)CC3)cc2F)c1. The van der Waals surface area contributed by atoms with Crippen LogP contribution in [0.1, 0.15) is 30.0 Å². The Bertz CT molecular complexity index is 1270. The first kappa shape index (κ1) is 20.6. The lowest BCUT2D eigenvalue weighted by Gasteiger charge is -2.32. The van der Waals surface area contributed by atoms with E-state index in [1.807, 2.05) is 0 Å². The van der Waals surface area contributed by atoms with Crippen molar-refractivity contribution in [3.05, 3.63) is 77.0 Å². The molecule has 0 saturated carbocycles. The van der Waals surface area contributed by atoms with E-state index in [1.54, 1.807) is 47.6 Å². The minimum Gasteiger partial charge on any atom is -0.399 e. The lowest BCUT2D eigenvalue weighted by atomic mass is 9.90. The second-order valence-electron chi connectivity index (χ2n) is 8.04. The zero-order chi connectivity index (χ0) is 22.2. The number of anilines is 2. The summed E-state index contributed by atoms with van der Waals surface area (Å²) >= 11 is 5.86. The highest BCUT2D eigenvalue weighted by Crippen LogP contribution is 2.30. The van der Waals surface area contributed by atoms with E-state index < -0.39 is 5.82 Å². The number of piperidine rings is 1. The highest BCUT2D eigenvalue weighted by atomic mass is 35.5. The summed E-state index contributed by atoms with van der Waals surface area (Å²) in [5.41, 5.74) is 7.60. The van der Waals surface area contributed by atoms with E-state index in [0.717, 1.165) is 31.5 Å². The van der Waals surface area contributed by atoms with Gasteiger partial charge in [-0.05, 0) is 48.6 Å². The lowest BCUT2D eigenvalue weighted by Crippen LogP contribution is -2.34. The van der Waals surface area contributed by atoms with Gasteiger partial charge in [0, 0.05) is 36.6 Å². The number of nitrogen functional groups attached to an aromatic ring is 1. The minimum atomic E-state index is -0.432. The summed E-state index contributed by atoms with van der Waals surface area (Å²) in [7, 11) is 0. The van der Waals surface area contributed by atoms with Gasteiger partial charge in [-0.2, -0.15) is 0 Å². The van der Waals surface area contributed by atoms with Crippen LogP contribution in [-0.4, -0.2) is 32.6 Å². The first-order chi connectivity index (χ1) is 15.5. The molecule has 4 heterocycles. The van der Waals surface area contributed by atoms with Gasteiger partial charge in [0.2, 0.25) is 5.95 Å². The first-order valence-electron chi connectivity index (χ1n) is 10.4. The number of aromatic nitrogens is 4. The maximum atomic E-state index is 14.9. The molecule has 1 aliphatic heterocycles. The van der Waals surface area contributed by atoms with E-state index in [9.17, 15) is 8.78 Å². The molecule has 32 heavy (non-hydrogen) atoms. The molecule has 0 atom stereocenters. The largest absolute Gasteiger partial charge is 0.399 e. The van der Waals surface area contributed by atoms with Crippen molar-refractivity contribution in [3.63, 3.8) is 0 Å². The quantitative estimate of drug-likeness (QED) is 0.449. The van der Waals surface area contributed by atoms with Gasteiger partial charge in [0.15, 0.2) is 0 Å². The Hall–Kier alpha value is -3.26. The molecule has 0 radical (unpaired) electrons. The van der Waals surface area contributed by atoms with E-state index >= 15 is 0 Å². The molecule has 0 unspecified atom stereocenters. The third kappa shape index (κ3) is 3.98. The maximum Gasteiger partial charge on any atom is 0.225 e. The molecule has 0 bridgehead atoms. The van der Waals surface area contributed by atoms with Gasteiger partial charge in [-0.3, -0.25) is 4.98 Å². The fourth-order valence-corrected chi connectivity index (χ4v) is 4.41. The average Bonchev–Trinajstić information content (AvgIpc) is 3.18. The Balaban J connectivity index is 1.29. The fraction of sp³-hybridized carbons (Fsp3) is 0.261. The standard InChI is InChI=1S/C23H21ClF2N6/c24-17-11-29-23(30-12-17)31-4-1-14(2-5-31)16-8-19(25)21(28-10-16)13-32-6-3-15-7-18(27)9-20(26)22(15)32/h3,6-12,14H,1-2,4-5,13,27H2. The zero-order valence-electron chi connectivity index (χ0n) is 17.2. The molecule has 0 amide bonds. The summed E-state index contributed by atoms with van der Waals surface area (Å²) < 4.78 is 31.0. The number of fused-ring (bicyclic) bond motifs is 1. The molecule has 3 aromatic heterocycles. The molecule has 2 N–H and O–H groups in total. The summed E-state index contributed by atoms with van der Waals surface area (Å²) in [4.78, 5) is 15.0. The summed E-state index contributed by atoms with van der Waals surface area (Å²) in [5, 5.41) is 1.18. The molecule has 1 aromatic carbocycles. The van der Waals surface area contributed by atoms with Crippen molar-refractivity contribution in [2.75, 3.05) is 23.7 Å². The van der Waals surface area contributed by atoms with Crippen molar-refractivity contribution in [2.24, 2.45) is 0 Å². The molecule has 4 aromatic rings. The van der Waals surface area contributed by atoms with E-state index in [-0.39, 0.29) is 24.0 Å². The van der Waals surface area contributed by atoms with Crippen molar-refractivity contribution in [1.82, 2.24) is 19.5 Å². The minimum absolute atomic E-state index is 0.142. The van der Waals surface area contributed by atoms with Crippen molar-refractivity contribution in [2.45, 2.75) is 25.3 Å². The van der Waals surface area contributed by atoms with Crippen LogP contribution in [0.15, 0.2) is 49.1 Å². The number of benzene rings is 1. The molecule has 0 aliphatic carbocycles. The summed E-state index contributed by atoms with van der Waals surface area (Å²) in [5.74, 6) is 0.0463. The predicted molar refractivity (Wildman–Crippen MR) is 121 cm³/mol. The molecule has 9 heteroatoms. The van der Waals surface area contributed by atoms with E-state index in [4.69, 9.17) is 17.3 Å². The van der Waals surface area contributed by atoms with Crippen molar-refractivity contribution in [1.29, 1.82) is 0 Å². The van der Waals surface area contributed by atoms with Crippen molar-refractivity contribution < 1.29 is 8.78 Å². The lowest BCUT2D eigenvalue weighted by molar-refractivity contribution is 0.493. The maximum absolute atomic E-state index is 14.9. The van der Waals surface area contributed by atoms with Crippen molar-refractivity contribution in [3.8, 4) is 0 Å². The van der Waals surface area contributed by atoms with Crippen LogP contribution in [0.4, 0.5) is 20.4 Å². The van der Waals surface area contributed by atoms with Crippen LogP contribution >= 0.6 is 11.6 Å². The van der Waals surface area contributed by atoms with Crippen LogP contribution in [0, 0.1) is 11.6 Å². The molecule has 1 saturated heterocycles. The van der Waals surface area contributed by atoms with E-state index in [2.05, 4.69) is 19.9 Å². The van der Waals surface area contributed by atoms with Gasteiger partial charge >= 0.3 is 0 Å². The second kappa shape index (κ2) is 8.35. The monoisotopic (exact) mass is 454 g/mol. The van der Waals surface area contributed by atoms with Gasteiger partial charge < -0.3 is 15.2 Å². The summed E-state index contributed by atoms with van der Waals surface area (Å²) in [6.07, 6.45) is 8.32. The fourth-order valence-electron chi connectivity index (χ4n) is 4.31. The molecule has 6 nitrogen and oxygen atoms in total. The van der Waals surface area contributed by atoms with Gasteiger partial charge in [-0.25, -0.2) is 18.7 Å². The third-order valence-electron chi connectivity index (χ3n) is 5.95. The van der Waals surface area contributed by atoms with Crippen LogP contribution < -0.4 is 10.6 Å².